The van der Waals surface area contributed by atoms with Crippen LogP contribution in [0.3, 0.4) is 0 Å². The van der Waals surface area contributed by atoms with Gasteiger partial charge in [-0.2, -0.15) is 0 Å². The van der Waals surface area contributed by atoms with E-state index in [-0.39, 0.29) is 18.5 Å². The Hall–Kier alpha value is -1.36. The number of benzene rings is 1. The van der Waals surface area contributed by atoms with Crippen LogP contribution < -0.4 is 4.74 Å². The van der Waals surface area contributed by atoms with E-state index in [4.69, 9.17) is 16.3 Å². The molecule has 0 saturated heterocycles. The van der Waals surface area contributed by atoms with Crippen LogP contribution in [0.1, 0.15) is 24.2 Å². The first kappa shape index (κ1) is 16.7. The minimum Gasteiger partial charge on any atom is -0.491 e. The molecule has 0 radical (unpaired) electrons. The van der Waals surface area contributed by atoms with Gasteiger partial charge in [0, 0.05) is 18.0 Å². The number of ether oxygens (including phenoxy) is 1. The lowest BCUT2D eigenvalue weighted by atomic mass is 10.2. The van der Waals surface area contributed by atoms with E-state index >= 15 is 0 Å². The van der Waals surface area contributed by atoms with Crippen LogP contribution in [-0.2, 0) is 0 Å². The van der Waals surface area contributed by atoms with Gasteiger partial charge in [-0.3, -0.25) is 4.79 Å². The molecule has 20 heavy (non-hydrogen) atoms. The molecule has 0 bridgehead atoms. The number of amides is 1. The predicted molar refractivity (Wildman–Crippen MR) is 74.8 cm³/mol. The van der Waals surface area contributed by atoms with Crippen molar-refractivity contribution in [3.05, 3.63) is 29.8 Å². The molecule has 0 unspecified atom stereocenters. The maximum absolute atomic E-state index is 12.5. The Morgan fingerprint density at radius 1 is 1.40 bits per heavy atom. The second-order valence-corrected chi connectivity index (χ2v) is 4.90. The Morgan fingerprint density at radius 3 is 2.65 bits per heavy atom. The molecule has 0 atom stereocenters. The number of rotatable bonds is 7. The van der Waals surface area contributed by atoms with Gasteiger partial charge < -0.3 is 9.64 Å². The number of hydrogen-bond donors (Lipinski definition) is 0. The van der Waals surface area contributed by atoms with Gasteiger partial charge in [0.25, 0.3) is 12.3 Å². The Kier molecular flexibility index (Phi) is 6.71. The predicted octanol–water partition coefficient (Wildman–Crippen LogP) is 3.42. The molecule has 0 fully saturated rings. The van der Waals surface area contributed by atoms with E-state index in [9.17, 15) is 13.6 Å². The molecule has 0 aliphatic rings. The second kappa shape index (κ2) is 8.04. The summed E-state index contributed by atoms with van der Waals surface area (Å²) in [6, 6.07) is 6.50. The van der Waals surface area contributed by atoms with E-state index in [2.05, 4.69) is 0 Å². The highest BCUT2D eigenvalue weighted by Gasteiger charge is 2.19. The molecule has 1 amide bonds. The molecule has 1 rings (SSSR count). The van der Waals surface area contributed by atoms with Gasteiger partial charge in [-0.15, -0.1) is 11.6 Å². The van der Waals surface area contributed by atoms with E-state index in [1.54, 1.807) is 24.3 Å². The Bertz CT molecular complexity index is 441. The van der Waals surface area contributed by atoms with Crippen molar-refractivity contribution in [1.82, 2.24) is 4.90 Å². The zero-order valence-electron chi connectivity index (χ0n) is 11.5. The quantitative estimate of drug-likeness (QED) is 0.722. The van der Waals surface area contributed by atoms with Crippen molar-refractivity contribution in [3.8, 4) is 5.75 Å². The largest absolute Gasteiger partial charge is 0.491 e. The topological polar surface area (TPSA) is 29.5 Å². The van der Waals surface area contributed by atoms with Crippen LogP contribution in [0, 0.1) is 0 Å². The van der Waals surface area contributed by atoms with Crippen LogP contribution in [0.15, 0.2) is 24.3 Å². The fourth-order valence-corrected chi connectivity index (χ4v) is 1.91. The number of halogens is 3. The first-order chi connectivity index (χ1) is 9.43. The van der Waals surface area contributed by atoms with Crippen molar-refractivity contribution in [3.63, 3.8) is 0 Å². The third kappa shape index (κ3) is 5.33. The number of alkyl halides is 3. The van der Waals surface area contributed by atoms with E-state index in [1.165, 1.54) is 0 Å². The highest BCUT2D eigenvalue weighted by molar-refractivity contribution is 6.18. The van der Waals surface area contributed by atoms with Crippen LogP contribution in [0.25, 0.3) is 0 Å². The Morgan fingerprint density at radius 2 is 2.10 bits per heavy atom. The minimum atomic E-state index is -2.59. The molecule has 0 aliphatic carbocycles. The standard InChI is InChI=1S/C14H18ClF2NO2/c1-10(2)20-12-5-3-4-11(8-12)14(19)18(7-6-15)9-13(16)17/h3-5,8,10,13H,6-7,9H2,1-2H3. The number of carbonyl (C=O) groups excluding carboxylic acids is 1. The first-order valence-corrected chi connectivity index (χ1v) is 6.87. The van der Waals surface area contributed by atoms with Crippen LogP contribution in [0.5, 0.6) is 5.75 Å². The Labute approximate surface area is 122 Å². The molecule has 0 N–H and O–H groups in total. The van der Waals surface area contributed by atoms with Gasteiger partial charge in [-0.05, 0) is 32.0 Å². The lowest BCUT2D eigenvalue weighted by Gasteiger charge is -2.21. The summed E-state index contributed by atoms with van der Waals surface area (Å²) in [7, 11) is 0. The lowest BCUT2D eigenvalue weighted by molar-refractivity contribution is 0.0570. The van der Waals surface area contributed by atoms with Gasteiger partial charge in [0.05, 0.1) is 12.6 Å². The molecule has 0 aromatic heterocycles. The van der Waals surface area contributed by atoms with Crippen molar-refractivity contribution < 1.29 is 18.3 Å². The number of hydrogen-bond acceptors (Lipinski definition) is 2. The van der Waals surface area contributed by atoms with E-state index in [0.29, 0.717) is 11.3 Å². The van der Waals surface area contributed by atoms with Gasteiger partial charge in [0.1, 0.15) is 5.75 Å². The van der Waals surface area contributed by atoms with Gasteiger partial charge in [-0.1, -0.05) is 6.07 Å². The molecule has 0 aliphatic heterocycles. The third-order valence-corrected chi connectivity index (χ3v) is 2.62. The third-order valence-electron chi connectivity index (χ3n) is 2.45. The normalized spacial score (nSPS) is 10.9. The average Bonchev–Trinajstić information content (AvgIpc) is 2.36. The molecule has 1 aromatic rings. The summed E-state index contributed by atoms with van der Waals surface area (Å²) in [4.78, 5) is 13.2. The first-order valence-electron chi connectivity index (χ1n) is 6.34. The molecule has 0 spiro atoms. The maximum Gasteiger partial charge on any atom is 0.255 e. The number of carbonyl (C=O) groups is 1. The molecule has 3 nitrogen and oxygen atoms in total. The van der Waals surface area contributed by atoms with Crippen LogP contribution >= 0.6 is 11.6 Å². The van der Waals surface area contributed by atoms with Crippen LogP contribution in [0.2, 0.25) is 0 Å². The summed E-state index contributed by atoms with van der Waals surface area (Å²) in [6.07, 6.45) is -2.61. The van der Waals surface area contributed by atoms with Crippen molar-refractivity contribution in [2.24, 2.45) is 0 Å². The van der Waals surface area contributed by atoms with Crippen molar-refractivity contribution in [1.29, 1.82) is 0 Å². The SMILES string of the molecule is CC(C)Oc1cccc(C(=O)N(CCCl)CC(F)F)c1. The molecule has 1 aromatic carbocycles. The summed E-state index contributed by atoms with van der Waals surface area (Å²) in [5.41, 5.74) is 0.314. The fraction of sp³-hybridized carbons (Fsp3) is 0.500. The second-order valence-electron chi connectivity index (χ2n) is 4.53. The highest BCUT2D eigenvalue weighted by Crippen LogP contribution is 2.17. The maximum atomic E-state index is 12.5. The highest BCUT2D eigenvalue weighted by atomic mass is 35.5. The minimum absolute atomic E-state index is 0.0274. The molecule has 0 heterocycles. The monoisotopic (exact) mass is 305 g/mol. The van der Waals surface area contributed by atoms with Gasteiger partial charge in [0.15, 0.2) is 0 Å². The number of nitrogens with zero attached hydrogens (tertiary/aromatic N) is 1. The molecule has 6 heteroatoms. The molecular formula is C14H18ClF2NO2. The smallest absolute Gasteiger partial charge is 0.255 e. The van der Waals surface area contributed by atoms with Crippen LogP contribution in [-0.4, -0.2) is 42.3 Å². The average molecular weight is 306 g/mol. The summed E-state index contributed by atoms with van der Waals surface area (Å²) < 4.78 is 30.4. The summed E-state index contributed by atoms with van der Waals surface area (Å²) >= 11 is 5.55. The van der Waals surface area contributed by atoms with Crippen molar-refractivity contribution in [2.45, 2.75) is 26.4 Å². The zero-order valence-corrected chi connectivity index (χ0v) is 12.2. The van der Waals surface area contributed by atoms with Crippen molar-refractivity contribution in [2.75, 3.05) is 19.0 Å². The molecule has 112 valence electrons. The van der Waals surface area contributed by atoms with E-state index in [1.807, 2.05) is 13.8 Å². The van der Waals surface area contributed by atoms with Gasteiger partial charge >= 0.3 is 0 Å². The van der Waals surface area contributed by atoms with Gasteiger partial charge in [-0.25, -0.2) is 8.78 Å². The van der Waals surface area contributed by atoms with Crippen molar-refractivity contribution >= 4 is 17.5 Å². The molecular weight excluding hydrogens is 288 g/mol. The lowest BCUT2D eigenvalue weighted by Crippen LogP contribution is -2.36. The van der Waals surface area contributed by atoms with E-state index < -0.39 is 18.9 Å². The fourth-order valence-electron chi connectivity index (χ4n) is 1.70. The summed E-state index contributed by atoms with van der Waals surface area (Å²) in [6.45, 7) is 3.19. The van der Waals surface area contributed by atoms with E-state index in [0.717, 1.165) is 4.90 Å². The zero-order chi connectivity index (χ0) is 15.1. The molecule has 0 saturated carbocycles. The summed E-state index contributed by atoms with van der Waals surface area (Å²) in [5.74, 6) is 0.176. The van der Waals surface area contributed by atoms with Gasteiger partial charge in [0.2, 0.25) is 0 Å². The summed E-state index contributed by atoms with van der Waals surface area (Å²) in [5, 5.41) is 0. The Balaban J connectivity index is 2.87. The van der Waals surface area contributed by atoms with Crippen LogP contribution in [0.4, 0.5) is 8.78 Å².